The van der Waals surface area contributed by atoms with Crippen molar-refractivity contribution in [2.45, 2.75) is 4.90 Å². The van der Waals surface area contributed by atoms with Crippen LogP contribution in [0.1, 0.15) is 0 Å². The number of halogens is 1. The lowest BCUT2D eigenvalue weighted by Crippen LogP contribution is -1.92. The van der Waals surface area contributed by atoms with Crippen LogP contribution in [0.25, 0.3) is 15.3 Å². The smallest absolute Gasteiger partial charge is 0.218 e. The summed E-state index contributed by atoms with van der Waals surface area (Å²) in [5.41, 5.74) is 0.850. The second kappa shape index (κ2) is 4.04. The molecule has 2 aromatic heterocycles. The number of benzene rings is 1. The minimum atomic E-state index is -3.75. The molecule has 0 spiro atoms. The summed E-state index contributed by atoms with van der Waals surface area (Å²) in [4.78, 5) is 4.32. The number of hydrogen-bond donors (Lipinski definition) is 0. The van der Waals surface area contributed by atoms with Gasteiger partial charge in [0.1, 0.15) is 4.90 Å². The normalized spacial score (nSPS) is 12.1. The number of para-hydroxylation sites is 1. The van der Waals surface area contributed by atoms with Crippen LogP contribution in [0.15, 0.2) is 41.6 Å². The monoisotopic (exact) mass is 299 g/mol. The molecular weight excluding hydrogens is 294 g/mol. The highest BCUT2D eigenvalue weighted by atomic mass is 35.7. The third kappa shape index (κ3) is 2.00. The van der Waals surface area contributed by atoms with Gasteiger partial charge in [0, 0.05) is 10.7 Å². The summed E-state index contributed by atoms with van der Waals surface area (Å²) >= 11 is 1.43. The van der Waals surface area contributed by atoms with E-state index in [2.05, 4.69) is 10.1 Å². The molecule has 0 N–H and O–H groups in total. The van der Waals surface area contributed by atoms with Crippen LogP contribution < -0.4 is 0 Å². The maximum atomic E-state index is 11.1. The summed E-state index contributed by atoms with van der Waals surface area (Å²) in [6, 6.07) is 7.64. The van der Waals surface area contributed by atoms with Crippen LogP contribution in [-0.2, 0) is 9.05 Å². The van der Waals surface area contributed by atoms with E-state index in [9.17, 15) is 8.42 Å². The molecule has 0 saturated carbocycles. The van der Waals surface area contributed by atoms with Crippen molar-refractivity contribution in [1.82, 2.24) is 14.8 Å². The molecule has 3 aromatic rings. The van der Waals surface area contributed by atoms with Crippen molar-refractivity contribution in [1.29, 1.82) is 0 Å². The summed E-state index contributed by atoms with van der Waals surface area (Å²) < 4.78 is 24.7. The summed E-state index contributed by atoms with van der Waals surface area (Å²) in [5, 5.41) is 4.55. The molecule has 92 valence electrons. The van der Waals surface area contributed by atoms with E-state index in [1.54, 1.807) is 0 Å². The number of nitrogens with zero attached hydrogens (tertiary/aromatic N) is 3. The third-order valence-electron chi connectivity index (χ3n) is 2.32. The molecule has 0 aliphatic carbocycles. The SMILES string of the molecule is O=S(=O)(Cl)c1cnn(-c2nc3ccccc3s2)c1. The van der Waals surface area contributed by atoms with Crippen molar-refractivity contribution in [3.8, 4) is 5.13 Å². The van der Waals surface area contributed by atoms with Crippen LogP contribution in [-0.4, -0.2) is 23.2 Å². The van der Waals surface area contributed by atoms with Crippen LogP contribution >= 0.6 is 22.0 Å². The molecule has 8 heteroatoms. The van der Waals surface area contributed by atoms with Crippen molar-refractivity contribution in [2.24, 2.45) is 0 Å². The fraction of sp³-hybridized carbons (Fsp3) is 0. The molecule has 0 unspecified atom stereocenters. The van der Waals surface area contributed by atoms with Crippen LogP contribution in [0.2, 0.25) is 0 Å². The standard InChI is InChI=1S/C10H6ClN3O2S2/c11-18(15,16)7-5-12-14(6-7)10-13-8-3-1-2-4-9(8)17-10/h1-6H. The number of thiazole rings is 1. The van der Waals surface area contributed by atoms with E-state index < -0.39 is 9.05 Å². The minimum absolute atomic E-state index is 0.0385. The van der Waals surface area contributed by atoms with E-state index in [0.717, 1.165) is 10.2 Å². The highest BCUT2D eigenvalue weighted by Gasteiger charge is 2.14. The zero-order valence-corrected chi connectivity index (χ0v) is 11.2. The molecule has 0 amide bonds. The van der Waals surface area contributed by atoms with Gasteiger partial charge in [-0.2, -0.15) is 5.10 Å². The first-order chi connectivity index (χ1) is 8.54. The molecule has 0 atom stereocenters. The molecule has 3 rings (SSSR count). The first-order valence-electron chi connectivity index (χ1n) is 4.89. The van der Waals surface area contributed by atoms with E-state index in [-0.39, 0.29) is 4.90 Å². The Morgan fingerprint density at radius 2 is 2.06 bits per heavy atom. The van der Waals surface area contributed by atoms with E-state index in [1.807, 2.05) is 24.3 Å². The van der Waals surface area contributed by atoms with Crippen LogP contribution in [0.4, 0.5) is 0 Å². The lowest BCUT2D eigenvalue weighted by Gasteiger charge is -1.91. The quantitative estimate of drug-likeness (QED) is 0.682. The molecule has 0 fully saturated rings. The molecule has 1 aromatic carbocycles. The number of aromatic nitrogens is 3. The van der Waals surface area contributed by atoms with Gasteiger partial charge in [0.05, 0.1) is 22.6 Å². The Morgan fingerprint density at radius 3 is 2.72 bits per heavy atom. The van der Waals surface area contributed by atoms with E-state index in [1.165, 1.54) is 28.4 Å². The fourth-order valence-electron chi connectivity index (χ4n) is 1.49. The van der Waals surface area contributed by atoms with Gasteiger partial charge in [-0.25, -0.2) is 18.1 Å². The first kappa shape index (κ1) is 11.6. The Balaban J connectivity index is 2.12. The van der Waals surface area contributed by atoms with Gasteiger partial charge in [0.15, 0.2) is 0 Å². The molecule has 0 bridgehead atoms. The second-order valence-corrected chi connectivity index (χ2v) is 7.10. The predicted molar refractivity (Wildman–Crippen MR) is 69.8 cm³/mol. The lowest BCUT2D eigenvalue weighted by molar-refractivity contribution is 0.609. The van der Waals surface area contributed by atoms with Gasteiger partial charge < -0.3 is 0 Å². The average molecular weight is 300 g/mol. The van der Waals surface area contributed by atoms with Crippen LogP contribution in [0.3, 0.4) is 0 Å². The summed E-state index contributed by atoms with van der Waals surface area (Å²) in [7, 11) is 1.49. The highest BCUT2D eigenvalue weighted by molar-refractivity contribution is 8.13. The maximum absolute atomic E-state index is 11.1. The van der Waals surface area contributed by atoms with Crippen molar-refractivity contribution < 1.29 is 8.42 Å². The van der Waals surface area contributed by atoms with Gasteiger partial charge >= 0.3 is 0 Å². The number of rotatable bonds is 2. The summed E-state index contributed by atoms with van der Waals surface area (Å²) in [6.07, 6.45) is 2.55. The zero-order valence-electron chi connectivity index (χ0n) is 8.82. The third-order valence-corrected chi connectivity index (χ3v) is 4.65. The van der Waals surface area contributed by atoms with Gasteiger partial charge in [0.2, 0.25) is 5.13 Å². The van der Waals surface area contributed by atoms with Gasteiger partial charge in [-0.3, -0.25) is 0 Å². The van der Waals surface area contributed by atoms with Crippen molar-refractivity contribution in [3.63, 3.8) is 0 Å². The van der Waals surface area contributed by atoms with Gasteiger partial charge in [0.25, 0.3) is 9.05 Å². The average Bonchev–Trinajstić information content (AvgIpc) is 2.94. The topological polar surface area (TPSA) is 64.8 Å². The maximum Gasteiger partial charge on any atom is 0.264 e. The molecule has 0 aliphatic rings. The summed E-state index contributed by atoms with van der Waals surface area (Å²) in [5.74, 6) is 0. The Labute approximate surface area is 111 Å². The first-order valence-corrected chi connectivity index (χ1v) is 8.02. The molecule has 0 aliphatic heterocycles. The molecule has 0 radical (unpaired) electrons. The largest absolute Gasteiger partial charge is 0.264 e. The minimum Gasteiger partial charge on any atom is -0.218 e. The Hall–Kier alpha value is -1.44. The molecule has 0 saturated heterocycles. The van der Waals surface area contributed by atoms with E-state index >= 15 is 0 Å². The Bertz CT molecular complexity index is 789. The second-order valence-electron chi connectivity index (χ2n) is 3.52. The van der Waals surface area contributed by atoms with E-state index in [0.29, 0.717) is 5.13 Å². The Kier molecular flexibility index (Phi) is 2.61. The van der Waals surface area contributed by atoms with Crippen LogP contribution in [0, 0.1) is 0 Å². The van der Waals surface area contributed by atoms with Gasteiger partial charge in [-0.15, -0.1) is 0 Å². The highest BCUT2D eigenvalue weighted by Crippen LogP contribution is 2.25. The van der Waals surface area contributed by atoms with E-state index in [4.69, 9.17) is 10.7 Å². The lowest BCUT2D eigenvalue weighted by atomic mass is 10.3. The van der Waals surface area contributed by atoms with Crippen LogP contribution in [0.5, 0.6) is 0 Å². The van der Waals surface area contributed by atoms with Crippen molar-refractivity contribution >= 4 is 41.3 Å². The summed E-state index contributed by atoms with van der Waals surface area (Å²) in [6.45, 7) is 0. The van der Waals surface area contributed by atoms with Crippen molar-refractivity contribution in [3.05, 3.63) is 36.7 Å². The van der Waals surface area contributed by atoms with Crippen molar-refractivity contribution in [2.75, 3.05) is 0 Å². The molecule has 18 heavy (non-hydrogen) atoms. The van der Waals surface area contributed by atoms with Gasteiger partial charge in [-0.05, 0) is 12.1 Å². The zero-order chi connectivity index (χ0) is 12.8. The number of hydrogen-bond acceptors (Lipinski definition) is 5. The molecule has 5 nitrogen and oxygen atoms in total. The van der Waals surface area contributed by atoms with Gasteiger partial charge in [-0.1, -0.05) is 23.5 Å². The fourth-order valence-corrected chi connectivity index (χ4v) is 3.03. The molecular formula is C10H6ClN3O2S2. The molecule has 2 heterocycles. The Morgan fingerprint density at radius 1 is 1.28 bits per heavy atom. The predicted octanol–water partition coefficient (Wildman–Crippen LogP) is 2.41. The number of fused-ring (bicyclic) bond motifs is 1.